The molecule has 0 radical (unpaired) electrons. The summed E-state index contributed by atoms with van der Waals surface area (Å²) < 4.78 is 70.6. The van der Waals surface area contributed by atoms with E-state index in [2.05, 4.69) is 20.9 Å². The van der Waals surface area contributed by atoms with Gasteiger partial charge in [-0.2, -0.15) is 4.99 Å². The zero-order valence-corrected chi connectivity index (χ0v) is 17.6. The molecule has 0 aromatic heterocycles. The van der Waals surface area contributed by atoms with Crippen LogP contribution >= 0.6 is 27.5 Å². The standard InChI is InChI=1S/C15H11BrClF3N4O4S/c1-28-8-2-3-10(17)12(4-8)29(26,27)22-14(25)11-6-23-7-24(15(18,19)20)5-9(16)13(23)21-11/h2-6H,7H2,1H3,(H,22,25)/p+1. The van der Waals surface area contributed by atoms with Crippen molar-refractivity contribution in [1.82, 2.24) is 9.62 Å². The molecule has 0 fully saturated rings. The van der Waals surface area contributed by atoms with Crippen LogP contribution in [0.3, 0.4) is 0 Å². The van der Waals surface area contributed by atoms with Crippen molar-refractivity contribution < 1.29 is 36.0 Å². The molecule has 2 aliphatic heterocycles. The molecule has 29 heavy (non-hydrogen) atoms. The third kappa shape index (κ3) is 4.42. The largest absolute Gasteiger partial charge is 0.497 e. The van der Waals surface area contributed by atoms with Gasteiger partial charge in [-0.3, -0.25) is 4.79 Å². The average Bonchev–Trinajstić information content (AvgIpc) is 3.06. The summed E-state index contributed by atoms with van der Waals surface area (Å²) in [6, 6.07) is 3.85. The number of fused-ring (bicyclic) bond motifs is 1. The van der Waals surface area contributed by atoms with E-state index in [9.17, 15) is 26.4 Å². The number of hydrogen-bond donors (Lipinski definition) is 2. The second kappa shape index (κ2) is 7.63. The van der Waals surface area contributed by atoms with E-state index < -0.39 is 33.8 Å². The summed E-state index contributed by atoms with van der Waals surface area (Å²) in [4.78, 5) is 16.2. The maximum absolute atomic E-state index is 12.9. The van der Waals surface area contributed by atoms with Crippen molar-refractivity contribution in [1.29, 1.82) is 0 Å². The van der Waals surface area contributed by atoms with Gasteiger partial charge in [0, 0.05) is 12.3 Å². The van der Waals surface area contributed by atoms with Gasteiger partial charge in [0.1, 0.15) is 21.3 Å². The number of nitrogens with one attached hydrogen (secondary N) is 2. The van der Waals surface area contributed by atoms with Crippen LogP contribution in [-0.2, 0) is 14.8 Å². The third-order valence-corrected chi connectivity index (χ3v) is 6.29. The molecular formula is C15H12BrClF3N4O4S+. The van der Waals surface area contributed by atoms with E-state index in [1.165, 1.54) is 19.2 Å². The molecule has 3 rings (SSSR count). The second-order valence-corrected chi connectivity index (χ2v) is 8.73. The lowest BCUT2D eigenvalue weighted by Gasteiger charge is -2.28. The minimum atomic E-state index is -4.62. The third-order valence-electron chi connectivity index (χ3n) is 3.90. The first-order valence-electron chi connectivity index (χ1n) is 7.71. The highest BCUT2D eigenvalue weighted by atomic mass is 79.9. The SMILES string of the molecule is COc1ccc(Cl)c(S(=O)(=O)NC(=O)C2=C[NH+]3CN(C(F)(F)F)C=C(Br)C3=N2)c1. The molecule has 0 bridgehead atoms. The highest BCUT2D eigenvalue weighted by molar-refractivity contribution is 9.12. The predicted octanol–water partition coefficient (Wildman–Crippen LogP) is 1.32. The van der Waals surface area contributed by atoms with Crippen LogP contribution in [-0.4, -0.2) is 45.1 Å². The molecule has 0 saturated heterocycles. The van der Waals surface area contributed by atoms with Crippen LogP contribution in [0.4, 0.5) is 13.2 Å². The summed E-state index contributed by atoms with van der Waals surface area (Å²) in [5.74, 6) is -0.796. The maximum Gasteiger partial charge on any atom is 0.488 e. The Kier molecular flexibility index (Phi) is 5.69. The molecule has 1 atom stereocenters. The van der Waals surface area contributed by atoms with Crippen LogP contribution in [0.1, 0.15) is 0 Å². The number of amides is 1. The zero-order valence-electron chi connectivity index (χ0n) is 14.4. The monoisotopic (exact) mass is 515 g/mol. The van der Waals surface area contributed by atoms with Crippen molar-refractivity contribution >= 4 is 49.3 Å². The number of rotatable bonds is 4. The van der Waals surface area contributed by atoms with E-state index in [0.717, 1.165) is 18.5 Å². The van der Waals surface area contributed by atoms with Crippen LogP contribution < -0.4 is 14.4 Å². The minimum absolute atomic E-state index is 0.00817. The number of benzene rings is 1. The summed E-state index contributed by atoms with van der Waals surface area (Å²) in [7, 11) is -3.06. The van der Waals surface area contributed by atoms with Crippen molar-refractivity contribution in [2.45, 2.75) is 11.2 Å². The molecule has 0 aliphatic carbocycles. The Labute approximate surface area is 176 Å². The van der Waals surface area contributed by atoms with Gasteiger partial charge >= 0.3 is 6.30 Å². The van der Waals surface area contributed by atoms with Crippen molar-refractivity contribution in [2.24, 2.45) is 4.99 Å². The Bertz CT molecular complexity index is 1070. The van der Waals surface area contributed by atoms with Gasteiger partial charge in [0.2, 0.25) is 5.84 Å². The maximum atomic E-state index is 12.9. The number of sulfonamides is 1. The number of ether oxygens (including phenoxy) is 1. The number of nitrogens with zero attached hydrogens (tertiary/aromatic N) is 2. The highest BCUT2D eigenvalue weighted by Gasteiger charge is 2.44. The molecule has 1 aromatic carbocycles. The van der Waals surface area contributed by atoms with Crippen LogP contribution in [0.5, 0.6) is 5.75 Å². The number of amidine groups is 1. The van der Waals surface area contributed by atoms with E-state index in [1.54, 1.807) is 4.72 Å². The van der Waals surface area contributed by atoms with Crippen LogP contribution in [0, 0.1) is 0 Å². The first-order valence-corrected chi connectivity index (χ1v) is 10.4. The molecule has 8 nitrogen and oxygen atoms in total. The highest BCUT2D eigenvalue weighted by Crippen LogP contribution is 2.27. The smallest absolute Gasteiger partial charge is 0.488 e. The van der Waals surface area contributed by atoms with E-state index in [0.29, 0.717) is 0 Å². The fourth-order valence-corrected chi connectivity index (χ4v) is 4.60. The minimum Gasteiger partial charge on any atom is -0.497 e. The number of alkyl halides is 3. The van der Waals surface area contributed by atoms with Crippen LogP contribution in [0.25, 0.3) is 0 Å². The topological polar surface area (TPSA) is 92.5 Å². The lowest BCUT2D eigenvalue weighted by molar-refractivity contribution is -0.763. The van der Waals surface area contributed by atoms with Crippen LogP contribution in [0.15, 0.2) is 50.7 Å². The van der Waals surface area contributed by atoms with Crippen molar-refractivity contribution in [3.05, 3.63) is 45.8 Å². The molecule has 0 saturated carbocycles. The lowest BCUT2D eigenvalue weighted by atomic mass is 10.3. The normalized spacial score (nSPS) is 19.2. The Morgan fingerprint density at radius 2 is 2.10 bits per heavy atom. The van der Waals surface area contributed by atoms with Crippen molar-refractivity contribution in [2.75, 3.05) is 13.8 Å². The molecular weight excluding hydrogens is 505 g/mol. The molecule has 2 N–H and O–H groups in total. The average molecular weight is 517 g/mol. The number of carbonyl (C=O) groups is 1. The van der Waals surface area contributed by atoms with E-state index in [1.807, 2.05) is 0 Å². The quantitative estimate of drug-likeness (QED) is 0.589. The fourth-order valence-electron chi connectivity index (χ4n) is 2.54. The first-order chi connectivity index (χ1) is 13.4. The Morgan fingerprint density at radius 3 is 2.72 bits per heavy atom. The number of quaternary nitrogens is 1. The lowest BCUT2D eigenvalue weighted by Crippen LogP contribution is -3.12. The predicted molar refractivity (Wildman–Crippen MR) is 99.6 cm³/mol. The van der Waals surface area contributed by atoms with Crippen molar-refractivity contribution in [3.8, 4) is 5.75 Å². The molecule has 156 valence electrons. The molecule has 1 amide bonds. The molecule has 0 spiro atoms. The van der Waals surface area contributed by atoms with E-state index in [-0.39, 0.29) is 36.6 Å². The summed E-state index contributed by atoms with van der Waals surface area (Å²) in [5, 5.41) is -0.146. The Balaban J connectivity index is 1.84. The van der Waals surface area contributed by atoms with Gasteiger partial charge in [0.15, 0.2) is 12.4 Å². The van der Waals surface area contributed by atoms with Gasteiger partial charge in [0.05, 0.1) is 12.1 Å². The molecule has 2 heterocycles. The van der Waals surface area contributed by atoms with Gasteiger partial charge in [-0.15, -0.1) is 13.2 Å². The fraction of sp³-hybridized carbons (Fsp3) is 0.200. The number of hydrogen-bond acceptors (Lipinski definition) is 6. The molecule has 1 aromatic rings. The van der Waals surface area contributed by atoms with Crippen LogP contribution in [0.2, 0.25) is 5.02 Å². The Morgan fingerprint density at radius 1 is 1.41 bits per heavy atom. The van der Waals surface area contributed by atoms with E-state index >= 15 is 0 Å². The van der Waals surface area contributed by atoms with Gasteiger partial charge in [0.25, 0.3) is 15.9 Å². The summed E-state index contributed by atoms with van der Waals surface area (Å²) in [5.41, 5.74) is -0.355. The second-order valence-electron chi connectivity index (χ2n) is 5.82. The number of carbonyl (C=O) groups excluding carboxylic acids is 1. The number of aliphatic imine (C=N–C) groups is 1. The molecule has 14 heteroatoms. The number of halogens is 5. The number of methoxy groups -OCH3 is 1. The summed E-state index contributed by atoms with van der Waals surface area (Å²) in [6.45, 7) is -0.567. The molecule has 2 aliphatic rings. The summed E-state index contributed by atoms with van der Waals surface area (Å²) in [6.07, 6.45) is -2.73. The molecule has 1 unspecified atom stereocenters. The van der Waals surface area contributed by atoms with E-state index in [4.69, 9.17) is 16.3 Å². The van der Waals surface area contributed by atoms with Gasteiger partial charge in [-0.05, 0) is 28.1 Å². The van der Waals surface area contributed by atoms with Gasteiger partial charge in [-0.25, -0.2) is 22.9 Å². The van der Waals surface area contributed by atoms with Gasteiger partial charge < -0.3 is 4.74 Å². The first kappa shape index (κ1) is 21.6. The zero-order chi connectivity index (χ0) is 21.6. The Hall–Kier alpha value is -2.09. The van der Waals surface area contributed by atoms with Gasteiger partial charge in [-0.1, -0.05) is 11.6 Å². The van der Waals surface area contributed by atoms with Crippen molar-refractivity contribution in [3.63, 3.8) is 0 Å². The summed E-state index contributed by atoms with van der Waals surface area (Å²) >= 11 is 8.88.